The maximum Gasteiger partial charge on any atom is 0.181 e. The lowest BCUT2D eigenvalue weighted by atomic mass is 10.1. The fraction of sp³-hybridized carbons (Fsp3) is 0.500. The Hall–Kier alpha value is -1.05. The molecule has 2 unspecified atom stereocenters. The molecular weight excluding hydrogens is 292 g/mol. The van der Waals surface area contributed by atoms with Crippen molar-refractivity contribution in [2.24, 2.45) is 0 Å². The zero-order chi connectivity index (χ0) is 13.5. The van der Waals surface area contributed by atoms with Crippen LogP contribution >= 0.6 is 15.9 Å². The number of benzene rings is 1. The van der Waals surface area contributed by atoms with Gasteiger partial charge in [0.2, 0.25) is 0 Å². The fourth-order valence-electron chi connectivity index (χ4n) is 1.66. The van der Waals surface area contributed by atoms with Gasteiger partial charge in [0.15, 0.2) is 6.10 Å². The maximum atomic E-state index is 8.83. The van der Waals surface area contributed by atoms with E-state index < -0.39 is 6.10 Å². The molecular formula is C14H19BrN2O. The van der Waals surface area contributed by atoms with Crippen LogP contribution in [-0.4, -0.2) is 12.6 Å². The Morgan fingerprint density at radius 1 is 1.44 bits per heavy atom. The highest BCUT2D eigenvalue weighted by Crippen LogP contribution is 2.29. The fourth-order valence-corrected chi connectivity index (χ4v) is 2.00. The predicted octanol–water partition coefficient (Wildman–Crippen LogP) is 3.80. The van der Waals surface area contributed by atoms with E-state index in [1.807, 2.05) is 18.2 Å². The normalized spacial score (nSPS) is 13.7. The van der Waals surface area contributed by atoms with Crippen molar-refractivity contribution in [2.45, 2.75) is 39.3 Å². The second-order valence-corrected chi connectivity index (χ2v) is 5.16. The highest BCUT2D eigenvalue weighted by atomic mass is 79.9. The molecule has 0 aliphatic heterocycles. The Morgan fingerprint density at radius 2 is 2.17 bits per heavy atom. The molecule has 1 rings (SSSR count). The first-order valence-corrected chi connectivity index (χ1v) is 6.96. The summed E-state index contributed by atoms with van der Waals surface area (Å²) in [5, 5.41) is 12.3. The first-order valence-electron chi connectivity index (χ1n) is 6.17. The second kappa shape index (κ2) is 7.40. The van der Waals surface area contributed by atoms with E-state index in [0.717, 1.165) is 28.8 Å². The predicted molar refractivity (Wildman–Crippen MR) is 76.6 cm³/mol. The summed E-state index contributed by atoms with van der Waals surface area (Å²) in [6.45, 7) is 6.94. The molecule has 4 heteroatoms. The molecule has 0 fully saturated rings. The summed E-state index contributed by atoms with van der Waals surface area (Å²) in [4.78, 5) is 0. The Bertz CT molecular complexity index is 428. The summed E-state index contributed by atoms with van der Waals surface area (Å²) in [6, 6.07) is 8.22. The summed E-state index contributed by atoms with van der Waals surface area (Å²) in [5.41, 5.74) is 1.08. The van der Waals surface area contributed by atoms with E-state index in [4.69, 9.17) is 10.00 Å². The molecule has 0 heterocycles. The molecule has 0 aliphatic rings. The van der Waals surface area contributed by atoms with Crippen LogP contribution in [0.3, 0.4) is 0 Å². The Morgan fingerprint density at radius 3 is 2.78 bits per heavy atom. The highest BCUT2D eigenvalue weighted by molar-refractivity contribution is 9.10. The first kappa shape index (κ1) is 15.0. The average Bonchev–Trinajstić information content (AvgIpc) is 2.36. The minimum atomic E-state index is -0.448. The zero-order valence-corrected chi connectivity index (χ0v) is 12.6. The van der Waals surface area contributed by atoms with Crippen LogP contribution in [0.5, 0.6) is 5.75 Å². The van der Waals surface area contributed by atoms with Crippen molar-refractivity contribution in [3.05, 3.63) is 28.2 Å². The summed E-state index contributed by atoms with van der Waals surface area (Å²) in [7, 11) is 0. The van der Waals surface area contributed by atoms with Crippen molar-refractivity contribution >= 4 is 15.9 Å². The number of hydrogen-bond acceptors (Lipinski definition) is 3. The summed E-state index contributed by atoms with van der Waals surface area (Å²) >= 11 is 3.43. The van der Waals surface area contributed by atoms with Crippen molar-refractivity contribution in [1.82, 2.24) is 5.32 Å². The summed E-state index contributed by atoms with van der Waals surface area (Å²) in [5.74, 6) is 0.759. The van der Waals surface area contributed by atoms with Gasteiger partial charge in [0.05, 0.1) is 0 Å². The van der Waals surface area contributed by atoms with Gasteiger partial charge in [0.25, 0.3) is 0 Å². The third-order valence-electron chi connectivity index (χ3n) is 2.63. The van der Waals surface area contributed by atoms with Gasteiger partial charge >= 0.3 is 0 Å². The summed E-state index contributed by atoms with van der Waals surface area (Å²) < 4.78 is 6.60. The zero-order valence-electron chi connectivity index (χ0n) is 11.0. The van der Waals surface area contributed by atoms with Crippen LogP contribution in [0.1, 0.15) is 38.8 Å². The van der Waals surface area contributed by atoms with E-state index in [1.54, 1.807) is 6.92 Å². The number of rotatable bonds is 6. The third-order valence-corrected chi connectivity index (χ3v) is 3.12. The quantitative estimate of drug-likeness (QED) is 0.869. The largest absolute Gasteiger partial charge is 0.475 e. The lowest BCUT2D eigenvalue weighted by Gasteiger charge is -2.19. The number of nitriles is 1. The minimum Gasteiger partial charge on any atom is -0.475 e. The summed E-state index contributed by atoms with van der Waals surface area (Å²) in [6.07, 6.45) is 0.641. The molecule has 1 aromatic carbocycles. The molecule has 0 saturated carbocycles. The molecule has 0 spiro atoms. The van der Waals surface area contributed by atoms with Gasteiger partial charge in [-0.25, -0.2) is 0 Å². The van der Waals surface area contributed by atoms with Gasteiger partial charge in [-0.1, -0.05) is 28.9 Å². The smallest absolute Gasteiger partial charge is 0.181 e. The van der Waals surface area contributed by atoms with Gasteiger partial charge in [-0.05, 0) is 38.9 Å². The van der Waals surface area contributed by atoms with Crippen LogP contribution in [0.15, 0.2) is 22.7 Å². The van der Waals surface area contributed by atoms with Gasteiger partial charge in [0, 0.05) is 16.1 Å². The average molecular weight is 311 g/mol. The SMILES string of the molecule is CCCNC(C)c1ccc(Br)cc1OC(C)C#N. The van der Waals surface area contributed by atoms with Crippen molar-refractivity contribution in [3.63, 3.8) is 0 Å². The van der Waals surface area contributed by atoms with E-state index >= 15 is 0 Å². The Labute approximate surface area is 117 Å². The molecule has 1 N–H and O–H groups in total. The lowest BCUT2D eigenvalue weighted by Crippen LogP contribution is -2.21. The van der Waals surface area contributed by atoms with E-state index in [1.165, 1.54) is 0 Å². The monoisotopic (exact) mass is 310 g/mol. The van der Waals surface area contributed by atoms with E-state index in [-0.39, 0.29) is 6.04 Å². The van der Waals surface area contributed by atoms with Crippen molar-refractivity contribution in [3.8, 4) is 11.8 Å². The van der Waals surface area contributed by atoms with E-state index in [0.29, 0.717) is 0 Å². The van der Waals surface area contributed by atoms with Gasteiger partial charge in [0.1, 0.15) is 11.8 Å². The molecule has 2 atom stereocenters. The molecule has 0 amide bonds. The van der Waals surface area contributed by atoms with Crippen LogP contribution in [0, 0.1) is 11.3 Å². The molecule has 0 saturated heterocycles. The van der Waals surface area contributed by atoms with Crippen molar-refractivity contribution in [2.75, 3.05) is 6.54 Å². The maximum absolute atomic E-state index is 8.83. The number of halogens is 1. The molecule has 0 aromatic heterocycles. The van der Waals surface area contributed by atoms with Crippen LogP contribution in [0.2, 0.25) is 0 Å². The molecule has 18 heavy (non-hydrogen) atoms. The van der Waals surface area contributed by atoms with Crippen molar-refractivity contribution < 1.29 is 4.74 Å². The van der Waals surface area contributed by atoms with Crippen LogP contribution in [-0.2, 0) is 0 Å². The van der Waals surface area contributed by atoms with Crippen LogP contribution in [0.4, 0.5) is 0 Å². The Kier molecular flexibility index (Phi) is 6.17. The van der Waals surface area contributed by atoms with Crippen molar-refractivity contribution in [1.29, 1.82) is 5.26 Å². The minimum absolute atomic E-state index is 0.207. The van der Waals surface area contributed by atoms with Crippen LogP contribution in [0.25, 0.3) is 0 Å². The van der Waals surface area contributed by atoms with Gasteiger partial charge < -0.3 is 10.1 Å². The van der Waals surface area contributed by atoms with Crippen LogP contribution < -0.4 is 10.1 Å². The topological polar surface area (TPSA) is 45.0 Å². The second-order valence-electron chi connectivity index (χ2n) is 4.25. The number of hydrogen-bond donors (Lipinski definition) is 1. The van der Waals surface area contributed by atoms with Gasteiger partial charge in [-0.2, -0.15) is 5.26 Å². The van der Waals surface area contributed by atoms with Gasteiger partial charge in [-0.3, -0.25) is 0 Å². The first-order chi connectivity index (χ1) is 8.58. The molecule has 98 valence electrons. The standard InChI is InChI=1S/C14H19BrN2O/c1-4-7-17-11(3)13-6-5-12(15)8-14(13)18-10(2)9-16/h5-6,8,10-11,17H,4,7H2,1-3H3. The van der Waals surface area contributed by atoms with Gasteiger partial charge in [-0.15, -0.1) is 0 Å². The van der Waals surface area contributed by atoms with E-state index in [2.05, 4.69) is 41.2 Å². The molecule has 1 aromatic rings. The van der Waals surface area contributed by atoms with E-state index in [9.17, 15) is 0 Å². The Balaban J connectivity index is 2.92. The number of ether oxygens (including phenoxy) is 1. The number of nitrogens with zero attached hydrogens (tertiary/aromatic N) is 1. The molecule has 0 aliphatic carbocycles. The third kappa shape index (κ3) is 4.32. The highest BCUT2D eigenvalue weighted by Gasteiger charge is 2.13. The molecule has 0 bridgehead atoms. The molecule has 3 nitrogen and oxygen atoms in total. The molecule has 0 radical (unpaired) electrons. The lowest BCUT2D eigenvalue weighted by molar-refractivity contribution is 0.271. The number of nitrogens with one attached hydrogen (secondary N) is 1.